The molecule has 1 aliphatic rings. The zero-order chi connectivity index (χ0) is 9.24. The molecule has 0 unspecified atom stereocenters. The minimum Gasteiger partial charge on any atom is -0.369 e. The molecule has 0 aromatic heterocycles. The Morgan fingerprint density at radius 3 is 1.50 bits per heavy atom. The second-order valence-electron chi connectivity index (χ2n) is 3.74. The molecule has 1 rings (SSSR count). The lowest BCUT2D eigenvalue weighted by atomic mass is 10.1. The fraction of sp³-hybridized carbons (Fsp3) is 1.00. The van der Waals surface area contributed by atoms with Gasteiger partial charge in [-0.2, -0.15) is 0 Å². The van der Waals surface area contributed by atoms with Crippen molar-refractivity contribution >= 4 is 45.2 Å². The molecule has 4 heteroatoms. The molecular formula is C8H14I2O2. The third-order valence-corrected chi connectivity index (χ3v) is 5.24. The maximum absolute atomic E-state index is 5.78. The Hall–Kier alpha value is 1.38. The summed E-state index contributed by atoms with van der Waals surface area (Å²) < 4.78 is 13.5. The van der Waals surface area contributed by atoms with Gasteiger partial charge in [0, 0.05) is 8.86 Å². The van der Waals surface area contributed by atoms with Crippen molar-refractivity contribution in [3.8, 4) is 0 Å². The quantitative estimate of drug-likeness (QED) is 0.528. The van der Waals surface area contributed by atoms with Crippen molar-refractivity contribution < 1.29 is 9.47 Å². The van der Waals surface area contributed by atoms with Gasteiger partial charge < -0.3 is 9.47 Å². The molecule has 1 heterocycles. The Morgan fingerprint density at radius 2 is 1.33 bits per heavy atom. The van der Waals surface area contributed by atoms with E-state index in [2.05, 4.69) is 59.0 Å². The molecule has 0 amide bonds. The normalized spacial score (nSPS) is 43.0. The minimum absolute atomic E-state index is 0.0636. The highest BCUT2D eigenvalue weighted by Gasteiger charge is 2.37. The van der Waals surface area contributed by atoms with Crippen LogP contribution in [0.5, 0.6) is 0 Å². The average molecular weight is 396 g/mol. The summed E-state index contributed by atoms with van der Waals surface area (Å²) in [5, 5.41) is 0. The highest BCUT2D eigenvalue weighted by atomic mass is 127. The van der Waals surface area contributed by atoms with E-state index in [1.54, 1.807) is 0 Å². The number of rotatable bonds is 2. The van der Waals surface area contributed by atoms with Gasteiger partial charge in [-0.15, -0.1) is 0 Å². The average Bonchev–Trinajstić information content (AvgIpc) is 2.11. The predicted molar refractivity (Wildman–Crippen MR) is 66.5 cm³/mol. The fourth-order valence-electron chi connectivity index (χ4n) is 0.891. The molecule has 1 saturated heterocycles. The lowest BCUT2D eigenvalue weighted by molar-refractivity contribution is -0.204. The summed E-state index contributed by atoms with van der Waals surface area (Å²) in [7, 11) is 0. The molecule has 0 aromatic carbocycles. The second kappa shape index (κ2) is 4.27. The molecule has 0 saturated carbocycles. The Bertz CT molecular complexity index is 135. The molecule has 0 radical (unpaired) electrons. The smallest absolute Gasteiger partial charge is 0.0977 e. The van der Waals surface area contributed by atoms with Crippen LogP contribution in [0.15, 0.2) is 0 Å². The number of halogens is 2. The van der Waals surface area contributed by atoms with Crippen molar-refractivity contribution in [3.63, 3.8) is 0 Å². The molecule has 72 valence electrons. The molecule has 0 bridgehead atoms. The van der Waals surface area contributed by atoms with Gasteiger partial charge in [0.05, 0.1) is 24.4 Å². The maximum atomic E-state index is 5.78. The lowest BCUT2D eigenvalue weighted by Crippen LogP contribution is -2.52. The van der Waals surface area contributed by atoms with E-state index < -0.39 is 0 Å². The topological polar surface area (TPSA) is 18.5 Å². The first kappa shape index (κ1) is 11.5. The molecule has 2 nitrogen and oxygen atoms in total. The van der Waals surface area contributed by atoms with E-state index >= 15 is 0 Å². The zero-order valence-electron chi connectivity index (χ0n) is 7.40. The van der Waals surface area contributed by atoms with E-state index in [0.29, 0.717) is 0 Å². The Morgan fingerprint density at radius 1 is 1.00 bits per heavy atom. The van der Waals surface area contributed by atoms with E-state index in [4.69, 9.17) is 9.47 Å². The summed E-state index contributed by atoms with van der Waals surface area (Å²) >= 11 is 4.68. The minimum atomic E-state index is -0.0636. The summed E-state index contributed by atoms with van der Waals surface area (Å²) in [5.41, 5.74) is -0.127. The third-order valence-electron chi connectivity index (χ3n) is 2.02. The summed E-state index contributed by atoms with van der Waals surface area (Å²) in [6.45, 7) is 5.64. The van der Waals surface area contributed by atoms with Gasteiger partial charge >= 0.3 is 0 Å². The Labute approximate surface area is 101 Å². The standard InChI is InChI=1S/C8H14I2O2/c1-7(3-9)5-12-8(2,4-10)6-11-7/h3-6H2,1-2H3/t7-,8-/m1/s1. The summed E-state index contributed by atoms with van der Waals surface area (Å²) in [6.07, 6.45) is 0. The summed E-state index contributed by atoms with van der Waals surface area (Å²) in [5.74, 6) is 0. The number of alkyl halides is 2. The second-order valence-corrected chi connectivity index (χ2v) is 5.27. The summed E-state index contributed by atoms with van der Waals surface area (Å²) in [4.78, 5) is 0. The van der Waals surface area contributed by atoms with Gasteiger partial charge in [0.15, 0.2) is 0 Å². The van der Waals surface area contributed by atoms with Crippen LogP contribution < -0.4 is 0 Å². The lowest BCUT2D eigenvalue weighted by Gasteiger charge is -2.41. The highest BCUT2D eigenvalue weighted by Crippen LogP contribution is 2.27. The molecule has 2 atom stereocenters. The van der Waals surface area contributed by atoms with E-state index in [1.165, 1.54) is 0 Å². The SMILES string of the molecule is C[C@@]1(CI)CO[C@](C)(CI)CO1. The van der Waals surface area contributed by atoms with Crippen LogP contribution in [0.3, 0.4) is 0 Å². The zero-order valence-corrected chi connectivity index (χ0v) is 11.7. The Kier molecular flexibility index (Phi) is 4.07. The third kappa shape index (κ3) is 2.68. The molecule has 0 aliphatic carbocycles. The van der Waals surface area contributed by atoms with E-state index in [0.717, 1.165) is 22.1 Å². The summed E-state index contributed by atoms with van der Waals surface area (Å²) in [6, 6.07) is 0. The van der Waals surface area contributed by atoms with Gasteiger partial charge in [0.2, 0.25) is 0 Å². The van der Waals surface area contributed by atoms with Crippen LogP contribution in [0.2, 0.25) is 0 Å². The molecule has 0 spiro atoms. The first-order valence-corrected chi connectivity index (χ1v) is 6.99. The maximum Gasteiger partial charge on any atom is 0.0977 e. The van der Waals surface area contributed by atoms with Gasteiger partial charge in [-0.1, -0.05) is 45.2 Å². The van der Waals surface area contributed by atoms with Crippen LogP contribution in [-0.2, 0) is 9.47 Å². The first-order chi connectivity index (χ1) is 5.54. The van der Waals surface area contributed by atoms with Crippen molar-refractivity contribution in [1.29, 1.82) is 0 Å². The van der Waals surface area contributed by atoms with Crippen LogP contribution in [0.4, 0.5) is 0 Å². The van der Waals surface area contributed by atoms with Gasteiger partial charge in [-0.05, 0) is 13.8 Å². The van der Waals surface area contributed by atoms with Gasteiger partial charge in [0.1, 0.15) is 0 Å². The number of ether oxygens (including phenoxy) is 2. The van der Waals surface area contributed by atoms with E-state index in [-0.39, 0.29) is 11.2 Å². The van der Waals surface area contributed by atoms with Crippen LogP contribution in [0.25, 0.3) is 0 Å². The monoisotopic (exact) mass is 396 g/mol. The van der Waals surface area contributed by atoms with Crippen molar-refractivity contribution in [2.45, 2.75) is 25.0 Å². The molecule has 0 N–H and O–H groups in total. The largest absolute Gasteiger partial charge is 0.369 e. The van der Waals surface area contributed by atoms with Crippen molar-refractivity contribution in [2.24, 2.45) is 0 Å². The van der Waals surface area contributed by atoms with Crippen LogP contribution in [0.1, 0.15) is 13.8 Å². The Balaban J connectivity index is 2.49. The van der Waals surface area contributed by atoms with Crippen LogP contribution in [0, 0.1) is 0 Å². The fourth-order valence-corrected chi connectivity index (χ4v) is 1.77. The first-order valence-electron chi connectivity index (χ1n) is 3.93. The van der Waals surface area contributed by atoms with Crippen molar-refractivity contribution in [3.05, 3.63) is 0 Å². The molecule has 1 fully saturated rings. The molecule has 0 aromatic rings. The molecular weight excluding hydrogens is 382 g/mol. The molecule has 12 heavy (non-hydrogen) atoms. The van der Waals surface area contributed by atoms with E-state index in [9.17, 15) is 0 Å². The predicted octanol–water partition coefficient (Wildman–Crippen LogP) is 2.42. The van der Waals surface area contributed by atoms with E-state index in [1.807, 2.05) is 0 Å². The van der Waals surface area contributed by atoms with Gasteiger partial charge in [0.25, 0.3) is 0 Å². The highest BCUT2D eigenvalue weighted by molar-refractivity contribution is 14.1. The van der Waals surface area contributed by atoms with Crippen LogP contribution in [-0.4, -0.2) is 33.3 Å². The number of hydrogen-bond acceptors (Lipinski definition) is 2. The number of hydrogen-bond donors (Lipinski definition) is 0. The van der Waals surface area contributed by atoms with Gasteiger partial charge in [-0.3, -0.25) is 0 Å². The van der Waals surface area contributed by atoms with Crippen molar-refractivity contribution in [2.75, 3.05) is 22.1 Å². The van der Waals surface area contributed by atoms with Gasteiger partial charge in [-0.25, -0.2) is 0 Å². The molecule has 1 aliphatic heterocycles. The van der Waals surface area contributed by atoms with Crippen LogP contribution >= 0.6 is 45.2 Å². The van der Waals surface area contributed by atoms with Crippen molar-refractivity contribution in [1.82, 2.24) is 0 Å².